The van der Waals surface area contributed by atoms with E-state index in [1.807, 2.05) is 12.3 Å². The summed E-state index contributed by atoms with van der Waals surface area (Å²) in [5.74, 6) is 0.924. The van der Waals surface area contributed by atoms with Gasteiger partial charge in [0, 0.05) is 38.5 Å². The Morgan fingerprint density at radius 1 is 1.67 bits per heavy atom. The van der Waals surface area contributed by atoms with E-state index in [1.54, 1.807) is 10.9 Å². The molecule has 0 bridgehead atoms. The molecular weight excluding hydrogens is 229 g/mol. The molecule has 1 aromatic heterocycles. The monoisotopic (exact) mass is 238 g/mol. The van der Waals surface area contributed by atoms with Gasteiger partial charge in [0.15, 0.2) is 0 Å². The van der Waals surface area contributed by atoms with Gasteiger partial charge < -0.3 is 15.6 Å². The van der Waals surface area contributed by atoms with Crippen molar-refractivity contribution in [3.05, 3.63) is 24.9 Å². The van der Waals surface area contributed by atoms with Crippen molar-refractivity contribution in [3.8, 4) is 0 Å². The molecule has 1 unspecified atom stereocenters. The second-order valence-electron chi connectivity index (χ2n) is 2.46. The zero-order valence-electron chi connectivity index (χ0n) is 6.57. The Balaban J connectivity index is 0.000000720. The summed E-state index contributed by atoms with van der Waals surface area (Å²) in [6.45, 7) is 0. The van der Waals surface area contributed by atoms with Gasteiger partial charge in [0.25, 0.3) is 0 Å². The van der Waals surface area contributed by atoms with Crippen molar-refractivity contribution in [1.29, 1.82) is 0 Å². The summed E-state index contributed by atoms with van der Waals surface area (Å²) in [6, 6.07) is 1.91. The van der Waals surface area contributed by atoms with Gasteiger partial charge in [-0.3, -0.25) is 4.99 Å². The number of nitrogens with zero attached hydrogens (tertiary/aromatic N) is 2. The van der Waals surface area contributed by atoms with Gasteiger partial charge in [0.2, 0.25) is 0 Å². The van der Waals surface area contributed by atoms with Crippen LogP contribution in [0.4, 0.5) is 5.82 Å². The van der Waals surface area contributed by atoms with Crippen molar-refractivity contribution in [2.75, 3.05) is 5.32 Å². The summed E-state index contributed by atoms with van der Waals surface area (Å²) in [6.07, 6.45) is 3.20. The van der Waals surface area contributed by atoms with E-state index in [0.717, 1.165) is 11.4 Å². The third-order valence-corrected chi connectivity index (χ3v) is 1.75. The number of hydrogen-bond acceptors (Lipinski definition) is 3. The maximum Gasteiger partial charge on any atom is 0.115 e. The van der Waals surface area contributed by atoms with E-state index < -0.39 is 0 Å². The molecule has 0 aliphatic carbocycles. The Morgan fingerprint density at radius 3 is 3.08 bits per heavy atom. The fourth-order valence-electron chi connectivity index (χ4n) is 1.15. The Bertz CT molecular complexity index is 304. The van der Waals surface area contributed by atoms with Crippen molar-refractivity contribution in [2.45, 2.75) is 6.17 Å². The SMILES string of the molecule is [CH2-]n1ccc2c1NC=NC2N.[Y]. The van der Waals surface area contributed by atoms with E-state index in [0.29, 0.717) is 0 Å². The van der Waals surface area contributed by atoms with Crippen molar-refractivity contribution >= 4 is 12.2 Å². The number of nitrogens with one attached hydrogen (secondary N) is 1. The van der Waals surface area contributed by atoms with E-state index in [4.69, 9.17) is 5.73 Å². The van der Waals surface area contributed by atoms with Crippen molar-refractivity contribution in [2.24, 2.45) is 10.7 Å². The average Bonchev–Trinajstić information content (AvgIpc) is 2.35. The minimum absolute atomic E-state index is 0. The average molecular weight is 238 g/mol. The van der Waals surface area contributed by atoms with Gasteiger partial charge in [-0.15, -0.1) is 13.1 Å². The van der Waals surface area contributed by atoms with E-state index in [2.05, 4.69) is 17.4 Å². The normalized spacial score (nSPS) is 19.2. The first-order chi connectivity index (χ1) is 5.29. The quantitative estimate of drug-likeness (QED) is 0.648. The molecule has 1 atom stereocenters. The van der Waals surface area contributed by atoms with Crippen LogP contribution in [0.2, 0.25) is 0 Å². The number of fused-ring (bicyclic) bond motifs is 1. The summed E-state index contributed by atoms with van der Waals surface area (Å²) in [5, 5.41) is 2.97. The number of aliphatic imine (C=N–C) groups is 1. The van der Waals surface area contributed by atoms with Gasteiger partial charge in [-0.1, -0.05) is 6.20 Å². The Labute approximate surface area is 96.1 Å². The summed E-state index contributed by atoms with van der Waals surface area (Å²) in [7, 11) is 3.77. The zero-order valence-corrected chi connectivity index (χ0v) is 9.40. The van der Waals surface area contributed by atoms with E-state index >= 15 is 0 Å². The van der Waals surface area contributed by atoms with E-state index in [-0.39, 0.29) is 38.9 Å². The molecule has 0 aromatic carbocycles. The molecule has 2 heterocycles. The fraction of sp³-hybridized carbons (Fsp3) is 0.143. The summed E-state index contributed by atoms with van der Waals surface area (Å²) in [4.78, 5) is 3.99. The topological polar surface area (TPSA) is 55.3 Å². The predicted molar refractivity (Wildman–Crippen MR) is 44.2 cm³/mol. The summed E-state index contributed by atoms with van der Waals surface area (Å²) >= 11 is 0. The molecule has 2 rings (SSSR count). The van der Waals surface area contributed by atoms with Crippen molar-refractivity contribution in [3.63, 3.8) is 0 Å². The number of hydrogen-bond donors (Lipinski definition) is 2. The molecule has 0 saturated heterocycles. The summed E-state index contributed by atoms with van der Waals surface area (Å²) in [5.41, 5.74) is 6.67. The van der Waals surface area contributed by atoms with E-state index in [9.17, 15) is 0 Å². The van der Waals surface area contributed by atoms with Crippen molar-refractivity contribution < 1.29 is 32.7 Å². The Hall–Kier alpha value is -0.316. The van der Waals surface area contributed by atoms with Crippen LogP contribution in [-0.4, -0.2) is 10.9 Å². The van der Waals surface area contributed by atoms with Crippen molar-refractivity contribution in [1.82, 2.24) is 4.57 Å². The zero-order chi connectivity index (χ0) is 7.84. The van der Waals surface area contributed by atoms with Crippen LogP contribution in [0, 0.1) is 7.05 Å². The number of aromatic nitrogens is 1. The largest absolute Gasteiger partial charge is 0.474 e. The van der Waals surface area contributed by atoms with Crippen LogP contribution in [0.15, 0.2) is 17.3 Å². The molecule has 0 fully saturated rings. The number of anilines is 1. The standard InChI is InChI=1S/C7H9N4.Y/c1-11-3-2-5-6(8)9-4-10-7(5)11;/h2-4,6H,1,8H2,(H,9,10);/q-1;. The fourth-order valence-corrected chi connectivity index (χ4v) is 1.15. The molecule has 0 saturated carbocycles. The van der Waals surface area contributed by atoms with Crippen LogP contribution in [0.3, 0.4) is 0 Å². The molecule has 4 nitrogen and oxygen atoms in total. The molecule has 61 valence electrons. The second kappa shape index (κ2) is 3.60. The molecule has 1 aliphatic heterocycles. The molecule has 1 aliphatic rings. The van der Waals surface area contributed by atoms with Gasteiger partial charge in [0.1, 0.15) is 6.17 Å². The third kappa shape index (κ3) is 1.42. The number of rotatable bonds is 0. The Morgan fingerprint density at radius 2 is 2.42 bits per heavy atom. The van der Waals surface area contributed by atoms with Gasteiger partial charge in [0.05, 0.1) is 6.34 Å². The van der Waals surface area contributed by atoms with Gasteiger partial charge in [-0.2, -0.15) is 0 Å². The second-order valence-corrected chi connectivity index (χ2v) is 2.46. The molecule has 5 heteroatoms. The maximum atomic E-state index is 5.68. The van der Waals surface area contributed by atoms with Crippen LogP contribution < -0.4 is 11.1 Å². The first kappa shape index (κ1) is 9.77. The summed E-state index contributed by atoms with van der Waals surface area (Å²) < 4.78 is 1.74. The minimum atomic E-state index is -0.241. The van der Waals surface area contributed by atoms with Crippen LogP contribution in [0.1, 0.15) is 11.7 Å². The van der Waals surface area contributed by atoms with Gasteiger partial charge in [-0.05, 0) is 5.56 Å². The van der Waals surface area contributed by atoms with Crippen LogP contribution >= 0.6 is 0 Å². The first-order valence-corrected chi connectivity index (χ1v) is 3.35. The molecule has 0 amide bonds. The minimum Gasteiger partial charge on any atom is -0.474 e. The van der Waals surface area contributed by atoms with Crippen LogP contribution in [-0.2, 0) is 32.7 Å². The molecule has 1 aromatic rings. The van der Waals surface area contributed by atoms with Crippen LogP contribution in [0.25, 0.3) is 0 Å². The van der Waals surface area contributed by atoms with Gasteiger partial charge in [-0.25, -0.2) is 0 Å². The maximum absolute atomic E-state index is 5.68. The molecule has 1 radical (unpaired) electrons. The first-order valence-electron chi connectivity index (χ1n) is 3.35. The molecule has 3 N–H and O–H groups in total. The molecular formula is C7H9N4Y-. The third-order valence-electron chi connectivity index (χ3n) is 1.75. The van der Waals surface area contributed by atoms with E-state index in [1.165, 1.54) is 0 Å². The van der Waals surface area contributed by atoms with Crippen LogP contribution in [0.5, 0.6) is 0 Å². The molecule has 0 spiro atoms. The smallest absolute Gasteiger partial charge is 0.115 e. The Kier molecular flexibility index (Phi) is 2.93. The predicted octanol–water partition coefficient (Wildman–Crippen LogP) is 0.536. The van der Waals surface area contributed by atoms with Gasteiger partial charge >= 0.3 is 0 Å². The number of nitrogens with two attached hydrogens (primary N) is 1. The molecule has 12 heavy (non-hydrogen) atoms.